The Morgan fingerprint density at radius 2 is 2.11 bits per heavy atom. The molecule has 0 unspecified atom stereocenters. The zero-order valence-corrected chi connectivity index (χ0v) is 11.7. The van der Waals surface area contributed by atoms with Gasteiger partial charge in [-0.15, -0.1) is 11.3 Å². The number of hydrogen-bond donors (Lipinski definition) is 2. The smallest absolute Gasteiger partial charge is 0.311 e. The predicted molar refractivity (Wildman–Crippen MR) is 71.8 cm³/mol. The van der Waals surface area contributed by atoms with Gasteiger partial charge in [0.25, 0.3) is 5.91 Å². The quantitative estimate of drug-likeness (QED) is 0.892. The van der Waals surface area contributed by atoms with Crippen molar-refractivity contribution in [3.05, 3.63) is 21.3 Å². The maximum Gasteiger partial charge on any atom is 0.311 e. The van der Waals surface area contributed by atoms with Crippen LogP contribution in [-0.2, 0) is 9.53 Å². The van der Waals surface area contributed by atoms with Crippen molar-refractivity contribution in [1.29, 1.82) is 0 Å². The molecule has 0 bridgehead atoms. The zero-order chi connectivity index (χ0) is 13.9. The van der Waals surface area contributed by atoms with Gasteiger partial charge in [0.05, 0.1) is 14.6 Å². The number of thiophene rings is 1. The lowest BCUT2D eigenvalue weighted by Crippen LogP contribution is -2.46. The molecule has 1 amide bonds. The van der Waals surface area contributed by atoms with Gasteiger partial charge in [-0.25, -0.2) is 0 Å². The lowest BCUT2D eigenvalue weighted by atomic mass is 9.80. The van der Waals surface area contributed by atoms with Crippen LogP contribution in [0.25, 0.3) is 0 Å². The van der Waals surface area contributed by atoms with Crippen molar-refractivity contribution in [2.45, 2.75) is 12.8 Å². The number of carbonyl (C=O) groups excluding carboxylic acids is 1. The van der Waals surface area contributed by atoms with Gasteiger partial charge in [0.1, 0.15) is 0 Å². The maximum absolute atomic E-state index is 11.9. The van der Waals surface area contributed by atoms with E-state index in [0.717, 1.165) is 0 Å². The average Bonchev–Trinajstić information content (AvgIpc) is 2.83. The highest BCUT2D eigenvalue weighted by Gasteiger charge is 2.40. The van der Waals surface area contributed by atoms with Crippen molar-refractivity contribution in [2.75, 3.05) is 19.8 Å². The number of nitrogens with one attached hydrogen (secondary N) is 1. The molecule has 0 aliphatic carbocycles. The molecule has 2 N–H and O–H groups in total. The van der Waals surface area contributed by atoms with Gasteiger partial charge in [0.15, 0.2) is 0 Å². The Morgan fingerprint density at radius 3 is 2.63 bits per heavy atom. The average molecular weight is 304 g/mol. The molecule has 0 saturated carbocycles. The molecular weight excluding hydrogens is 290 g/mol. The molecule has 0 spiro atoms. The van der Waals surface area contributed by atoms with E-state index in [-0.39, 0.29) is 12.5 Å². The fourth-order valence-electron chi connectivity index (χ4n) is 2.00. The topological polar surface area (TPSA) is 75.6 Å². The van der Waals surface area contributed by atoms with Crippen molar-refractivity contribution < 1.29 is 19.4 Å². The molecule has 0 aromatic carbocycles. The number of ether oxygens (including phenoxy) is 1. The van der Waals surface area contributed by atoms with Crippen LogP contribution >= 0.6 is 22.9 Å². The van der Waals surface area contributed by atoms with Gasteiger partial charge in [-0.3, -0.25) is 9.59 Å². The maximum atomic E-state index is 11.9. The number of amides is 1. The number of rotatable bonds is 4. The summed E-state index contributed by atoms with van der Waals surface area (Å²) in [5.41, 5.74) is -0.922. The van der Waals surface area contributed by atoms with Gasteiger partial charge < -0.3 is 15.2 Å². The molecule has 1 aliphatic heterocycles. The first kappa shape index (κ1) is 14.3. The standard InChI is InChI=1S/C12H14ClNO4S/c13-9-2-1-8(19-9)10(15)14-7-12(11(16)17)3-5-18-6-4-12/h1-2H,3-7H2,(H,14,15)(H,16,17). The summed E-state index contributed by atoms with van der Waals surface area (Å²) in [5, 5.41) is 12.0. The first-order chi connectivity index (χ1) is 9.03. The molecule has 1 aromatic heterocycles. The highest BCUT2D eigenvalue weighted by atomic mass is 35.5. The summed E-state index contributed by atoms with van der Waals surface area (Å²) < 4.78 is 5.71. The van der Waals surface area contributed by atoms with Crippen LogP contribution in [0.5, 0.6) is 0 Å². The fraction of sp³-hybridized carbons (Fsp3) is 0.500. The monoisotopic (exact) mass is 303 g/mol. The molecule has 104 valence electrons. The minimum atomic E-state index is -0.922. The SMILES string of the molecule is O=C(NCC1(C(=O)O)CCOCC1)c1ccc(Cl)s1. The molecule has 1 aliphatic rings. The van der Waals surface area contributed by atoms with Crippen molar-refractivity contribution in [3.63, 3.8) is 0 Å². The van der Waals surface area contributed by atoms with Gasteiger partial charge in [-0.1, -0.05) is 11.6 Å². The molecule has 5 nitrogen and oxygen atoms in total. The van der Waals surface area contributed by atoms with E-state index in [1.165, 1.54) is 11.3 Å². The van der Waals surface area contributed by atoms with Crippen LogP contribution in [0, 0.1) is 5.41 Å². The van der Waals surface area contributed by atoms with Gasteiger partial charge in [0, 0.05) is 19.8 Å². The molecule has 7 heteroatoms. The second-order valence-electron chi connectivity index (χ2n) is 4.48. The molecule has 1 saturated heterocycles. The van der Waals surface area contributed by atoms with E-state index in [1.54, 1.807) is 12.1 Å². The number of halogens is 1. The summed E-state index contributed by atoms with van der Waals surface area (Å²) in [4.78, 5) is 23.8. The van der Waals surface area contributed by atoms with Crippen LogP contribution < -0.4 is 5.32 Å². The van der Waals surface area contributed by atoms with Gasteiger partial charge >= 0.3 is 5.97 Å². The van der Waals surface area contributed by atoms with Crippen LogP contribution in [-0.4, -0.2) is 36.7 Å². The highest BCUT2D eigenvalue weighted by molar-refractivity contribution is 7.17. The molecular formula is C12H14ClNO4S. The van der Waals surface area contributed by atoms with Crippen molar-refractivity contribution in [3.8, 4) is 0 Å². The van der Waals surface area contributed by atoms with Crippen LogP contribution in [0.1, 0.15) is 22.5 Å². The third-order valence-corrected chi connectivity index (χ3v) is 4.52. The third-order valence-electron chi connectivity index (χ3n) is 3.29. The van der Waals surface area contributed by atoms with Gasteiger partial charge in [-0.05, 0) is 25.0 Å². The van der Waals surface area contributed by atoms with E-state index in [1.807, 2.05) is 0 Å². The minimum absolute atomic E-state index is 0.111. The number of carbonyl (C=O) groups is 2. The summed E-state index contributed by atoms with van der Waals surface area (Å²) in [6.45, 7) is 0.931. The number of aliphatic carboxylic acids is 1. The molecule has 2 heterocycles. The summed E-state index contributed by atoms with van der Waals surface area (Å²) in [7, 11) is 0. The number of carboxylic acid groups (broad SMARTS) is 1. The van der Waals surface area contributed by atoms with Gasteiger partial charge in [0.2, 0.25) is 0 Å². The van der Waals surface area contributed by atoms with Crippen LogP contribution in [0.4, 0.5) is 0 Å². The summed E-state index contributed by atoms with van der Waals surface area (Å²) in [5.74, 6) is -1.18. The molecule has 1 aromatic rings. The third kappa shape index (κ3) is 3.26. The Kier molecular flexibility index (Phi) is 4.44. The largest absolute Gasteiger partial charge is 0.481 e. The minimum Gasteiger partial charge on any atom is -0.481 e. The first-order valence-electron chi connectivity index (χ1n) is 5.88. The van der Waals surface area contributed by atoms with E-state index in [0.29, 0.717) is 35.3 Å². The Labute approximate surface area is 119 Å². The second-order valence-corrected chi connectivity index (χ2v) is 6.20. The fourth-order valence-corrected chi connectivity index (χ4v) is 2.96. The van der Waals surface area contributed by atoms with Crippen molar-refractivity contribution in [2.24, 2.45) is 5.41 Å². The molecule has 0 radical (unpaired) electrons. The van der Waals surface area contributed by atoms with E-state index in [9.17, 15) is 14.7 Å². The van der Waals surface area contributed by atoms with Crippen LogP contribution in [0.15, 0.2) is 12.1 Å². The first-order valence-corrected chi connectivity index (χ1v) is 7.08. The molecule has 0 atom stereocenters. The summed E-state index contributed by atoms with van der Waals surface area (Å²) in [6, 6.07) is 3.27. The number of carboxylic acids is 1. The molecule has 2 rings (SSSR count). The Hall–Kier alpha value is -1.11. The van der Waals surface area contributed by atoms with Crippen LogP contribution in [0.3, 0.4) is 0 Å². The van der Waals surface area contributed by atoms with E-state index >= 15 is 0 Å². The van der Waals surface area contributed by atoms with E-state index < -0.39 is 11.4 Å². The van der Waals surface area contributed by atoms with E-state index in [4.69, 9.17) is 16.3 Å². The molecule has 19 heavy (non-hydrogen) atoms. The summed E-state index contributed by atoms with van der Waals surface area (Å²) in [6.07, 6.45) is 0.821. The predicted octanol–water partition coefficient (Wildman–Crippen LogP) is 2.01. The normalized spacial score (nSPS) is 17.9. The lowest BCUT2D eigenvalue weighted by Gasteiger charge is -2.33. The highest BCUT2D eigenvalue weighted by Crippen LogP contribution is 2.30. The van der Waals surface area contributed by atoms with E-state index in [2.05, 4.69) is 5.32 Å². The number of hydrogen-bond acceptors (Lipinski definition) is 4. The summed E-state index contributed by atoms with van der Waals surface area (Å²) >= 11 is 6.93. The zero-order valence-electron chi connectivity index (χ0n) is 10.1. The Balaban J connectivity index is 1.99. The van der Waals surface area contributed by atoms with Crippen molar-refractivity contribution >= 4 is 34.8 Å². The van der Waals surface area contributed by atoms with Gasteiger partial charge in [-0.2, -0.15) is 0 Å². The van der Waals surface area contributed by atoms with Crippen molar-refractivity contribution in [1.82, 2.24) is 5.32 Å². The second kappa shape index (κ2) is 5.90. The van der Waals surface area contributed by atoms with Crippen LogP contribution in [0.2, 0.25) is 4.34 Å². The Bertz CT molecular complexity index is 482. The molecule has 1 fully saturated rings. The lowest BCUT2D eigenvalue weighted by molar-refractivity contribution is -0.154. The Morgan fingerprint density at radius 1 is 1.42 bits per heavy atom.